The van der Waals surface area contributed by atoms with E-state index in [4.69, 9.17) is 9.84 Å². The highest BCUT2D eigenvalue weighted by atomic mass is 16.5. The molecule has 0 saturated heterocycles. The number of benzene rings is 1. The van der Waals surface area contributed by atoms with E-state index in [0.29, 0.717) is 17.4 Å². The van der Waals surface area contributed by atoms with Gasteiger partial charge in [0, 0.05) is 42.5 Å². The van der Waals surface area contributed by atoms with Crippen LogP contribution in [0.4, 0.5) is 0 Å². The number of likely N-dealkylation sites (N-methyl/N-ethyl adjacent to an activating group) is 1. The second kappa shape index (κ2) is 14.1. The molecule has 2 aromatic heterocycles. The Kier molecular flexibility index (Phi) is 11.0. The van der Waals surface area contributed by atoms with Crippen molar-refractivity contribution in [2.75, 3.05) is 39.8 Å². The summed E-state index contributed by atoms with van der Waals surface area (Å²) in [5, 5.41) is 4.93. The predicted octanol–water partition coefficient (Wildman–Crippen LogP) is 6.90. The van der Waals surface area contributed by atoms with Gasteiger partial charge in [0.1, 0.15) is 11.4 Å². The van der Waals surface area contributed by atoms with E-state index in [1.807, 2.05) is 52.0 Å². The van der Waals surface area contributed by atoms with Crippen molar-refractivity contribution in [2.45, 2.75) is 54.4 Å². The van der Waals surface area contributed by atoms with Gasteiger partial charge in [0.2, 0.25) is 0 Å². The predicted molar refractivity (Wildman–Crippen MR) is 159 cm³/mol. The van der Waals surface area contributed by atoms with Crippen LogP contribution in [0.1, 0.15) is 70.3 Å². The second-order valence-corrected chi connectivity index (χ2v) is 10.8. The lowest BCUT2D eigenvalue weighted by Crippen LogP contribution is -2.34. The van der Waals surface area contributed by atoms with Crippen LogP contribution in [0.25, 0.3) is 22.9 Å². The van der Waals surface area contributed by atoms with Crippen LogP contribution in [-0.4, -0.2) is 65.2 Å². The first-order valence-corrected chi connectivity index (χ1v) is 14.1. The van der Waals surface area contributed by atoms with E-state index < -0.39 is 0 Å². The SMILES string of the molecule is CCN(CC)C/C=C/c1c(-c2ccc(OC)cc2)nn2ccc(C(=O)N(CCC(C)C)CCC(C)C)cc12. The summed E-state index contributed by atoms with van der Waals surface area (Å²) in [6, 6.07) is 11.9. The van der Waals surface area contributed by atoms with Crippen LogP contribution >= 0.6 is 0 Å². The summed E-state index contributed by atoms with van der Waals surface area (Å²) in [6.07, 6.45) is 8.27. The Morgan fingerprint density at radius 2 is 1.63 bits per heavy atom. The number of hydrogen-bond donors (Lipinski definition) is 0. The summed E-state index contributed by atoms with van der Waals surface area (Å²) in [4.78, 5) is 18.1. The van der Waals surface area contributed by atoms with Crippen molar-refractivity contribution < 1.29 is 9.53 Å². The number of rotatable bonds is 14. The zero-order chi connectivity index (χ0) is 27.7. The van der Waals surface area contributed by atoms with Crippen molar-refractivity contribution in [1.82, 2.24) is 19.4 Å². The fourth-order valence-corrected chi connectivity index (χ4v) is 4.45. The number of carbonyl (C=O) groups is 1. The van der Waals surface area contributed by atoms with Gasteiger partial charge < -0.3 is 14.5 Å². The zero-order valence-electron chi connectivity index (χ0n) is 24.4. The first-order chi connectivity index (χ1) is 18.3. The Morgan fingerprint density at radius 1 is 1.00 bits per heavy atom. The lowest BCUT2D eigenvalue weighted by atomic mass is 10.0. The quantitative estimate of drug-likeness (QED) is 0.233. The normalized spacial score (nSPS) is 11.9. The van der Waals surface area contributed by atoms with Crippen LogP contribution in [0, 0.1) is 11.8 Å². The van der Waals surface area contributed by atoms with Gasteiger partial charge in [0.05, 0.1) is 12.6 Å². The molecule has 6 heteroatoms. The van der Waals surface area contributed by atoms with Crippen LogP contribution < -0.4 is 4.74 Å². The number of methoxy groups -OCH3 is 1. The molecule has 0 saturated carbocycles. The fraction of sp³-hybridized carbons (Fsp3) is 0.500. The van der Waals surface area contributed by atoms with Gasteiger partial charge in [0.15, 0.2) is 0 Å². The molecule has 0 fully saturated rings. The van der Waals surface area contributed by atoms with Crippen LogP contribution in [0.15, 0.2) is 48.7 Å². The molecule has 0 N–H and O–H groups in total. The third-order valence-corrected chi connectivity index (χ3v) is 7.07. The third kappa shape index (κ3) is 7.70. The van der Waals surface area contributed by atoms with E-state index in [2.05, 4.69) is 58.6 Å². The van der Waals surface area contributed by atoms with Gasteiger partial charge in [-0.2, -0.15) is 5.10 Å². The number of hydrogen-bond acceptors (Lipinski definition) is 4. The number of aromatic nitrogens is 2. The molecule has 38 heavy (non-hydrogen) atoms. The van der Waals surface area contributed by atoms with Crippen molar-refractivity contribution in [3.8, 4) is 17.0 Å². The van der Waals surface area contributed by atoms with E-state index in [1.54, 1.807) is 7.11 Å². The molecule has 0 aliphatic rings. The Balaban J connectivity index is 2.03. The average Bonchev–Trinajstić information content (AvgIpc) is 3.28. The van der Waals surface area contributed by atoms with Crippen molar-refractivity contribution >= 4 is 17.5 Å². The standard InChI is InChI=1S/C32H46N4O2/c1-8-34(9-2)19-10-11-29-30-23-27(32(37)35(20-16-24(3)4)21-17-25(5)6)18-22-36(30)33-31(29)26-12-14-28(38-7)15-13-26/h10-15,18,22-25H,8-9,16-17,19-21H2,1-7H3/b11-10+. The maximum Gasteiger partial charge on any atom is 0.253 e. The third-order valence-electron chi connectivity index (χ3n) is 7.07. The average molecular weight is 519 g/mol. The summed E-state index contributed by atoms with van der Waals surface area (Å²) < 4.78 is 7.25. The maximum absolute atomic E-state index is 13.7. The van der Waals surface area contributed by atoms with Gasteiger partial charge in [-0.15, -0.1) is 0 Å². The molecule has 206 valence electrons. The number of fused-ring (bicyclic) bond motifs is 1. The van der Waals surface area contributed by atoms with E-state index in [0.717, 1.165) is 73.7 Å². The van der Waals surface area contributed by atoms with Gasteiger partial charge in [-0.3, -0.25) is 4.79 Å². The minimum atomic E-state index is 0.0964. The molecule has 0 bridgehead atoms. The summed E-state index contributed by atoms with van der Waals surface area (Å²) >= 11 is 0. The largest absolute Gasteiger partial charge is 0.497 e. The number of nitrogens with zero attached hydrogens (tertiary/aromatic N) is 4. The van der Waals surface area contributed by atoms with Gasteiger partial charge in [-0.25, -0.2) is 4.52 Å². The molecule has 2 heterocycles. The summed E-state index contributed by atoms with van der Waals surface area (Å²) in [5.74, 6) is 2.01. The van der Waals surface area contributed by atoms with E-state index in [-0.39, 0.29) is 5.91 Å². The monoisotopic (exact) mass is 518 g/mol. The van der Waals surface area contributed by atoms with Gasteiger partial charge >= 0.3 is 0 Å². The number of amides is 1. The lowest BCUT2D eigenvalue weighted by molar-refractivity contribution is 0.0741. The Labute approximate surface area is 229 Å². The molecule has 0 unspecified atom stereocenters. The molecular weight excluding hydrogens is 472 g/mol. The fourth-order valence-electron chi connectivity index (χ4n) is 4.45. The van der Waals surface area contributed by atoms with Crippen molar-refractivity contribution in [3.05, 3.63) is 59.8 Å². The number of carbonyl (C=O) groups excluding carboxylic acids is 1. The van der Waals surface area contributed by atoms with Gasteiger partial charge in [-0.1, -0.05) is 53.7 Å². The molecule has 3 aromatic rings. The molecule has 0 aliphatic carbocycles. The molecule has 1 aromatic carbocycles. The topological polar surface area (TPSA) is 50.1 Å². The Morgan fingerprint density at radius 3 is 2.18 bits per heavy atom. The van der Waals surface area contributed by atoms with E-state index >= 15 is 0 Å². The molecular formula is C32H46N4O2. The number of pyridine rings is 1. The number of ether oxygens (including phenoxy) is 1. The highest BCUT2D eigenvalue weighted by molar-refractivity contribution is 5.96. The molecule has 0 atom stereocenters. The zero-order valence-corrected chi connectivity index (χ0v) is 24.4. The molecule has 1 amide bonds. The van der Waals surface area contributed by atoms with Crippen LogP contribution in [0.3, 0.4) is 0 Å². The molecule has 0 radical (unpaired) electrons. The molecule has 6 nitrogen and oxygen atoms in total. The van der Waals surface area contributed by atoms with Crippen LogP contribution in [-0.2, 0) is 0 Å². The first-order valence-electron chi connectivity index (χ1n) is 14.1. The lowest BCUT2D eigenvalue weighted by Gasteiger charge is -2.24. The van der Waals surface area contributed by atoms with Gasteiger partial charge in [-0.05, 0) is 74.2 Å². The Bertz CT molecular complexity index is 1180. The van der Waals surface area contributed by atoms with E-state index in [9.17, 15) is 4.79 Å². The maximum atomic E-state index is 13.7. The summed E-state index contributed by atoms with van der Waals surface area (Å²) in [6.45, 7) is 17.6. The highest BCUT2D eigenvalue weighted by Crippen LogP contribution is 2.30. The first kappa shape index (κ1) is 29.4. The highest BCUT2D eigenvalue weighted by Gasteiger charge is 2.19. The van der Waals surface area contributed by atoms with Crippen molar-refractivity contribution in [3.63, 3.8) is 0 Å². The smallest absolute Gasteiger partial charge is 0.253 e. The second-order valence-electron chi connectivity index (χ2n) is 10.8. The van der Waals surface area contributed by atoms with Crippen LogP contribution in [0.2, 0.25) is 0 Å². The van der Waals surface area contributed by atoms with Gasteiger partial charge in [0.25, 0.3) is 5.91 Å². The molecule has 3 rings (SSSR count). The van der Waals surface area contributed by atoms with E-state index in [1.165, 1.54) is 0 Å². The van der Waals surface area contributed by atoms with Crippen molar-refractivity contribution in [1.29, 1.82) is 0 Å². The van der Waals surface area contributed by atoms with Crippen LogP contribution in [0.5, 0.6) is 5.75 Å². The molecule has 0 spiro atoms. The summed E-state index contributed by atoms with van der Waals surface area (Å²) in [7, 11) is 1.67. The minimum absolute atomic E-state index is 0.0964. The summed E-state index contributed by atoms with van der Waals surface area (Å²) in [5.41, 5.74) is 4.58. The Hall–Kier alpha value is -3.12. The minimum Gasteiger partial charge on any atom is -0.497 e. The van der Waals surface area contributed by atoms with Crippen molar-refractivity contribution in [2.24, 2.45) is 11.8 Å². The molecule has 0 aliphatic heterocycles.